The number of carbonyl (C=O) groups is 1. The molecular formula is C14H21ClN2O3. The molecular weight excluding hydrogens is 280 g/mol. The van der Waals surface area contributed by atoms with E-state index in [1.54, 1.807) is 25.3 Å². The minimum absolute atomic E-state index is 0.0838. The molecule has 0 radical (unpaired) electrons. The zero-order valence-electron chi connectivity index (χ0n) is 11.7. The van der Waals surface area contributed by atoms with Gasteiger partial charge in [-0.15, -0.1) is 0 Å². The molecule has 0 aliphatic heterocycles. The van der Waals surface area contributed by atoms with E-state index >= 15 is 0 Å². The molecule has 0 fully saturated rings. The molecule has 1 aromatic rings. The van der Waals surface area contributed by atoms with Gasteiger partial charge in [0.1, 0.15) is 0 Å². The maximum absolute atomic E-state index is 11.7. The Balaban J connectivity index is 2.17. The van der Waals surface area contributed by atoms with Crippen LogP contribution in [0.25, 0.3) is 0 Å². The molecule has 5 nitrogen and oxygen atoms in total. The summed E-state index contributed by atoms with van der Waals surface area (Å²) in [4.78, 5) is 11.7. The lowest BCUT2D eigenvalue weighted by Crippen LogP contribution is -2.13. The maximum Gasteiger partial charge on any atom is 0.224 e. The summed E-state index contributed by atoms with van der Waals surface area (Å²) < 4.78 is 10.3. The Morgan fingerprint density at radius 3 is 2.75 bits per heavy atom. The molecule has 0 aliphatic rings. The molecule has 0 saturated carbocycles. The maximum atomic E-state index is 11.7. The van der Waals surface area contributed by atoms with Crippen LogP contribution in [0.3, 0.4) is 0 Å². The zero-order chi connectivity index (χ0) is 14.8. The molecule has 0 bridgehead atoms. The Hall–Kier alpha value is -1.30. The predicted molar refractivity (Wildman–Crippen MR) is 81.0 cm³/mol. The number of nitrogens with one attached hydrogen (secondary N) is 1. The fourth-order valence-corrected chi connectivity index (χ4v) is 1.78. The van der Waals surface area contributed by atoms with E-state index in [1.807, 2.05) is 0 Å². The summed E-state index contributed by atoms with van der Waals surface area (Å²) >= 11 is 5.79. The van der Waals surface area contributed by atoms with Gasteiger partial charge in [0, 0.05) is 38.4 Å². The van der Waals surface area contributed by atoms with Gasteiger partial charge in [-0.1, -0.05) is 11.6 Å². The van der Waals surface area contributed by atoms with Crippen molar-refractivity contribution >= 4 is 28.9 Å². The van der Waals surface area contributed by atoms with Crippen molar-refractivity contribution in [2.75, 3.05) is 38.0 Å². The van der Waals surface area contributed by atoms with Crippen LogP contribution in [0.2, 0.25) is 5.02 Å². The number of anilines is 2. The molecule has 0 atom stereocenters. The number of carbonyl (C=O) groups excluding carboxylic acids is 1. The fraction of sp³-hybridized carbons (Fsp3) is 0.500. The Labute approximate surface area is 124 Å². The predicted octanol–water partition coefficient (Wildman–Crippen LogP) is 2.69. The molecule has 1 aromatic carbocycles. The van der Waals surface area contributed by atoms with Gasteiger partial charge in [-0.3, -0.25) is 4.79 Å². The van der Waals surface area contributed by atoms with E-state index in [4.69, 9.17) is 26.8 Å². The van der Waals surface area contributed by atoms with E-state index < -0.39 is 0 Å². The molecule has 0 saturated heterocycles. The van der Waals surface area contributed by atoms with E-state index in [2.05, 4.69) is 5.32 Å². The van der Waals surface area contributed by atoms with Crippen LogP contribution in [0.15, 0.2) is 18.2 Å². The lowest BCUT2D eigenvalue weighted by atomic mass is 10.2. The number of rotatable bonds is 9. The van der Waals surface area contributed by atoms with Crippen LogP contribution >= 0.6 is 11.6 Å². The lowest BCUT2D eigenvalue weighted by Gasteiger charge is -2.08. The molecule has 0 heterocycles. The van der Waals surface area contributed by atoms with Crippen LogP contribution in [0.5, 0.6) is 0 Å². The van der Waals surface area contributed by atoms with Crippen molar-refractivity contribution in [3.05, 3.63) is 23.2 Å². The number of amides is 1. The van der Waals surface area contributed by atoms with E-state index in [9.17, 15) is 4.79 Å². The summed E-state index contributed by atoms with van der Waals surface area (Å²) in [7, 11) is 1.66. The summed E-state index contributed by atoms with van der Waals surface area (Å²) in [5.41, 5.74) is 6.80. The summed E-state index contributed by atoms with van der Waals surface area (Å²) in [5.74, 6) is -0.0838. The third kappa shape index (κ3) is 6.75. The summed E-state index contributed by atoms with van der Waals surface area (Å²) in [6.45, 7) is 1.91. The normalized spacial score (nSPS) is 10.5. The van der Waals surface area contributed by atoms with E-state index in [-0.39, 0.29) is 5.91 Å². The second-order valence-electron chi connectivity index (χ2n) is 4.34. The van der Waals surface area contributed by atoms with Gasteiger partial charge in [0.05, 0.1) is 11.4 Å². The van der Waals surface area contributed by atoms with Crippen LogP contribution in [0, 0.1) is 0 Å². The minimum Gasteiger partial charge on any atom is -0.397 e. The van der Waals surface area contributed by atoms with Crippen molar-refractivity contribution in [3.8, 4) is 0 Å². The minimum atomic E-state index is -0.0838. The number of hydrogen-bond donors (Lipinski definition) is 2. The number of hydrogen-bond acceptors (Lipinski definition) is 4. The highest BCUT2D eigenvalue weighted by Gasteiger charge is 2.05. The average Bonchev–Trinajstić information content (AvgIpc) is 2.41. The average molecular weight is 301 g/mol. The van der Waals surface area contributed by atoms with Gasteiger partial charge in [-0.05, 0) is 31.0 Å². The highest BCUT2D eigenvalue weighted by atomic mass is 35.5. The third-order valence-electron chi connectivity index (χ3n) is 2.62. The van der Waals surface area contributed by atoms with Crippen LogP contribution in [0.1, 0.15) is 19.3 Å². The van der Waals surface area contributed by atoms with Crippen LogP contribution in [-0.2, 0) is 14.3 Å². The first kappa shape index (κ1) is 16.8. The number of ether oxygens (including phenoxy) is 2. The Morgan fingerprint density at radius 2 is 2.05 bits per heavy atom. The van der Waals surface area contributed by atoms with Crippen molar-refractivity contribution in [1.82, 2.24) is 0 Å². The highest BCUT2D eigenvalue weighted by Crippen LogP contribution is 2.22. The summed E-state index contributed by atoms with van der Waals surface area (Å²) in [5, 5.41) is 3.30. The standard InChI is InChI=1S/C14H21ClN2O3/c1-19-7-3-9-20-8-2-4-14(18)17-13-6-5-11(15)10-12(13)16/h5-6,10H,2-4,7-9,16H2,1H3,(H,17,18). The zero-order valence-corrected chi connectivity index (χ0v) is 12.4. The first-order valence-corrected chi connectivity index (χ1v) is 6.93. The van der Waals surface area contributed by atoms with E-state index in [1.165, 1.54) is 0 Å². The number of halogens is 1. The monoisotopic (exact) mass is 300 g/mol. The molecule has 0 spiro atoms. The quantitative estimate of drug-likeness (QED) is 0.543. The second-order valence-corrected chi connectivity index (χ2v) is 4.78. The Bertz CT molecular complexity index is 427. The van der Waals surface area contributed by atoms with Crippen LogP contribution in [0.4, 0.5) is 11.4 Å². The molecule has 0 unspecified atom stereocenters. The van der Waals surface area contributed by atoms with Gasteiger partial charge in [0.2, 0.25) is 5.91 Å². The van der Waals surface area contributed by atoms with Gasteiger partial charge in [-0.25, -0.2) is 0 Å². The summed E-state index contributed by atoms with van der Waals surface area (Å²) in [6, 6.07) is 4.99. The van der Waals surface area contributed by atoms with E-state index in [0.29, 0.717) is 49.1 Å². The van der Waals surface area contributed by atoms with E-state index in [0.717, 1.165) is 6.42 Å². The Kier molecular flexibility index (Phi) is 8.02. The molecule has 0 aliphatic carbocycles. The van der Waals surface area contributed by atoms with Gasteiger partial charge in [0.15, 0.2) is 0 Å². The van der Waals surface area contributed by atoms with Gasteiger partial charge in [0.25, 0.3) is 0 Å². The summed E-state index contributed by atoms with van der Waals surface area (Å²) in [6.07, 6.45) is 1.93. The second kappa shape index (κ2) is 9.58. The molecule has 0 aromatic heterocycles. The van der Waals surface area contributed by atoms with Crippen molar-refractivity contribution in [2.24, 2.45) is 0 Å². The van der Waals surface area contributed by atoms with Crippen molar-refractivity contribution in [3.63, 3.8) is 0 Å². The topological polar surface area (TPSA) is 73.6 Å². The molecule has 112 valence electrons. The molecule has 1 rings (SSSR count). The van der Waals surface area contributed by atoms with Gasteiger partial charge >= 0.3 is 0 Å². The molecule has 1 amide bonds. The molecule has 20 heavy (non-hydrogen) atoms. The van der Waals surface area contributed by atoms with Gasteiger partial charge < -0.3 is 20.5 Å². The van der Waals surface area contributed by atoms with Gasteiger partial charge in [-0.2, -0.15) is 0 Å². The SMILES string of the molecule is COCCCOCCCC(=O)Nc1ccc(Cl)cc1N. The first-order valence-electron chi connectivity index (χ1n) is 6.55. The van der Waals surface area contributed by atoms with Crippen LogP contribution < -0.4 is 11.1 Å². The third-order valence-corrected chi connectivity index (χ3v) is 2.85. The Morgan fingerprint density at radius 1 is 1.30 bits per heavy atom. The van der Waals surface area contributed by atoms with Crippen molar-refractivity contribution < 1.29 is 14.3 Å². The van der Waals surface area contributed by atoms with Crippen molar-refractivity contribution in [2.45, 2.75) is 19.3 Å². The van der Waals surface area contributed by atoms with Crippen LogP contribution in [-0.4, -0.2) is 32.8 Å². The largest absolute Gasteiger partial charge is 0.397 e. The van der Waals surface area contributed by atoms with Crippen molar-refractivity contribution in [1.29, 1.82) is 0 Å². The number of methoxy groups -OCH3 is 1. The smallest absolute Gasteiger partial charge is 0.224 e. The first-order chi connectivity index (χ1) is 9.63. The highest BCUT2D eigenvalue weighted by molar-refractivity contribution is 6.31. The molecule has 3 N–H and O–H groups in total. The lowest BCUT2D eigenvalue weighted by molar-refractivity contribution is -0.116. The number of nitrogen functional groups attached to an aromatic ring is 1. The number of benzene rings is 1. The molecule has 6 heteroatoms. The fourth-order valence-electron chi connectivity index (χ4n) is 1.60. The number of nitrogens with two attached hydrogens (primary N) is 1.